The van der Waals surface area contributed by atoms with Gasteiger partial charge in [0.05, 0.1) is 24.8 Å². The van der Waals surface area contributed by atoms with Gasteiger partial charge in [0.2, 0.25) is 0 Å². The molecule has 0 saturated heterocycles. The van der Waals surface area contributed by atoms with E-state index >= 15 is 0 Å². The summed E-state index contributed by atoms with van der Waals surface area (Å²) in [6.45, 7) is 1.88. The zero-order chi connectivity index (χ0) is 25.2. The molecule has 4 rings (SSSR count). The molecule has 0 fully saturated rings. The SMILES string of the molecule is COc1cccc(OCCCCn2c(CCNC(=O)COc3ccc(Cl)cc3)nc3ccccc32)c1. The third kappa shape index (κ3) is 7.15. The molecule has 0 aliphatic rings. The molecule has 0 saturated carbocycles. The number of benzene rings is 3. The zero-order valence-electron chi connectivity index (χ0n) is 20.3. The molecule has 3 aromatic carbocycles. The van der Waals surface area contributed by atoms with Crippen LogP contribution in [0.25, 0.3) is 11.0 Å². The number of fused-ring (bicyclic) bond motifs is 1. The third-order valence-corrected chi connectivity index (χ3v) is 5.93. The van der Waals surface area contributed by atoms with E-state index in [2.05, 4.69) is 16.0 Å². The topological polar surface area (TPSA) is 74.6 Å². The van der Waals surface area contributed by atoms with E-state index < -0.39 is 0 Å². The quantitative estimate of drug-likeness (QED) is 0.249. The van der Waals surface area contributed by atoms with Crippen LogP contribution < -0.4 is 19.5 Å². The number of unbranched alkanes of at least 4 members (excludes halogenated alkanes) is 1. The molecule has 188 valence electrons. The molecular formula is C28H30ClN3O4. The molecule has 36 heavy (non-hydrogen) atoms. The summed E-state index contributed by atoms with van der Waals surface area (Å²) in [5, 5.41) is 3.54. The number of para-hydroxylation sites is 2. The normalized spacial score (nSPS) is 10.8. The zero-order valence-corrected chi connectivity index (χ0v) is 21.0. The lowest BCUT2D eigenvalue weighted by atomic mass is 10.2. The molecule has 0 unspecified atom stereocenters. The van der Waals surface area contributed by atoms with Crippen LogP contribution in [0.4, 0.5) is 0 Å². The smallest absolute Gasteiger partial charge is 0.257 e. The van der Waals surface area contributed by atoms with E-state index in [0.717, 1.165) is 47.7 Å². The molecular weight excluding hydrogens is 478 g/mol. The molecule has 8 heteroatoms. The minimum absolute atomic E-state index is 0.0503. The molecule has 1 amide bonds. The summed E-state index contributed by atoms with van der Waals surface area (Å²) in [4.78, 5) is 17.0. The third-order valence-electron chi connectivity index (χ3n) is 5.67. The van der Waals surface area contributed by atoms with Crippen molar-refractivity contribution in [3.63, 3.8) is 0 Å². The first-order valence-corrected chi connectivity index (χ1v) is 12.4. The molecule has 0 bridgehead atoms. The van der Waals surface area contributed by atoms with Gasteiger partial charge in [-0.25, -0.2) is 4.98 Å². The number of halogens is 1. The average molecular weight is 508 g/mol. The van der Waals surface area contributed by atoms with Crippen molar-refractivity contribution >= 4 is 28.5 Å². The van der Waals surface area contributed by atoms with E-state index in [0.29, 0.717) is 30.3 Å². The van der Waals surface area contributed by atoms with Crippen molar-refractivity contribution < 1.29 is 19.0 Å². The molecule has 4 aromatic rings. The Morgan fingerprint density at radius 1 is 0.944 bits per heavy atom. The molecule has 0 aliphatic carbocycles. The molecule has 1 heterocycles. The highest BCUT2D eigenvalue weighted by Crippen LogP contribution is 2.20. The first-order chi connectivity index (χ1) is 17.6. The lowest BCUT2D eigenvalue weighted by Crippen LogP contribution is -2.31. The highest BCUT2D eigenvalue weighted by molar-refractivity contribution is 6.30. The minimum atomic E-state index is -0.178. The van der Waals surface area contributed by atoms with Gasteiger partial charge in [0.15, 0.2) is 6.61 Å². The number of aryl methyl sites for hydroxylation is 1. The van der Waals surface area contributed by atoms with Crippen LogP contribution in [0.1, 0.15) is 18.7 Å². The summed E-state index contributed by atoms with van der Waals surface area (Å²) >= 11 is 5.87. The first kappa shape index (κ1) is 25.4. The second-order valence-electron chi connectivity index (χ2n) is 8.25. The Kier molecular flexibility index (Phi) is 9.05. The maximum absolute atomic E-state index is 12.2. The van der Waals surface area contributed by atoms with Crippen LogP contribution in [0.15, 0.2) is 72.8 Å². The van der Waals surface area contributed by atoms with Gasteiger partial charge >= 0.3 is 0 Å². The average Bonchev–Trinajstić information content (AvgIpc) is 3.25. The van der Waals surface area contributed by atoms with E-state index in [-0.39, 0.29) is 12.5 Å². The van der Waals surface area contributed by atoms with Crippen LogP contribution in [0, 0.1) is 0 Å². The van der Waals surface area contributed by atoms with Gasteiger partial charge in [0, 0.05) is 30.6 Å². The summed E-state index contributed by atoms with van der Waals surface area (Å²) < 4.78 is 18.9. The molecule has 0 radical (unpaired) electrons. The number of aromatic nitrogens is 2. The fourth-order valence-electron chi connectivity index (χ4n) is 3.86. The Morgan fingerprint density at radius 2 is 1.75 bits per heavy atom. The van der Waals surface area contributed by atoms with Crippen LogP contribution in [0.3, 0.4) is 0 Å². The number of carbonyl (C=O) groups excluding carboxylic acids is 1. The van der Waals surface area contributed by atoms with Gasteiger partial charge in [-0.05, 0) is 61.4 Å². The van der Waals surface area contributed by atoms with Crippen molar-refractivity contribution in [1.82, 2.24) is 14.9 Å². The van der Waals surface area contributed by atoms with E-state index in [9.17, 15) is 4.79 Å². The standard InChI is InChI=1S/C28H30ClN3O4/c1-34-23-7-6-8-24(19-23)35-18-5-4-17-32-26-10-3-2-9-25(26)31-27(32)15-16-30-28(33)20-36-22-13-11-21(29)12-14-22/h2-3,6-14,19H,4-5,15-18,20H2,1H3,(H,30,33). The molecule has 1 aromatic heterocycles. The number of carbonyl (C=O) groups is 1. The van der Waals surface area contributed by atoms with Gasteiger partial charge in [0.1, 0.15) is 23.1 Å². The second-order valence-corrected chi connectivity index (χ2v) is 8.68. The van der Waals surface area contributed by atoms with Crippen LogP contribution >= 0.6 is 11.6 Å². The first-order valence-electron chi connectivity index (χ1n) is 12.0. The van der Waals surface area contributed by atoms with Crippen LogP contribution in [-0.4, -0.2) is 42.3 Å². The lowest BCUT2D eigenvalue weighted by Gasteiger charge is -2.11. The fraction of sp³-hybridized carbons (Fsp3) is 0.286. The number of nitrogens with zero attached hydrogens (tertiary/aromatic N) is 2. The van der Waals surface area contributed by atoms with Crippen LogP contribution in [0.2, 0.25) is 5.02 Å². The van der Waals surface area contributed by atoms with Crippen molar-refractivity contribution in [3.8, 4) is 17.2 Å². The van der Waals surface area contributed by atoms with E-state index in [4.69, 9.17) is 30.8 Å². The van der Waals surface area contributed by atoms with Gasteiger partial charge in [0.25, 0.3) is 5.91 Å². The number of imidazole rings is 1. The Labute approximate surface area is 216 Å². The predicted octanol–water partition coefficient (Wildman–Crippen LogP) is 5.30. The van der Waals surface area contributed by atoms with Gasteiger partial charge in [-0.2, -0.15) is 0 Å². The Bertz CT molecular complexity index is 1270. The largest absolute Gasteiger partial charge is 0.497 e. The number of ether oxygens (including phenoxy) is 3. The summed E-state index contributed by atoms with van der Waals surface area (Å²) in [6, 6.07) is 22.7. The van der Waals surface area contributed by atoms with Crippen LogP contribution in [-0.2, 0) is 17.8 Å². The van der Waals surface area contributed by atoms with Gasteiger partial charge < -0.3 is 24.1 Å². The molecule has 0 atom stereocenters. The Hall–Kier alpha value is -3.71. The number of hydrogen-bond acceptors (Lipinski definition) is 5. The monoisotopic (exact) mass is 507 g/mol. The number of amides is 1. The molecule has 1 N–H and O–H groups in total. The number of nitrogens with one attached hydrogen (secondary N) is 1. The number of hydrogen-bond donors (Lipinski definition) is 1. The number of rotatable bonds is 13. The predicted molar refractivity (Wildman–Crippen MR) is 141 cm³/mol. The number of methoxy groups -OCH3 is 1. The van der Waals surface area contributed by atoms with Crippen molar-refractivity contribution in [3.05, 3.63) is 83.6 Å². The molecule has 0 aliphatic heterocycles. The highest BCUT2D eigenvalue weighted by Gasteiger charge is 2.11. The maximum atomic E-state index is 12.2. The van der Waals surface area contributed by atoms with Gasteiger partial charge in [-0.1, -0.05) is 29.8 Å². The maximum Gasteiger partial charge on any atom is 0.257 e. The summed E-state index contributed by atoms with van der Waals surface area (Å²) in [7, 11) is 1.65. The molecule has 7 nitrogen and oxygen atoms in total. The van der Waals surface area contributed by atoms with Gasteiger partial charge in [-0.15, -0.1) is 0 Å². The Balaban J connectivity index is 1.26. The van der Waals surface area contributed by atoms with Gasteiger partial charge in [-0.3, -0.25) is 4.79 Å². The van der Waals surface area contributed by atoms with E-state index in [1.54, 1.807) is 31.4 Å². The summed E-state index contributed by atoms with van der Waals surface area (Å²) in [5.74, 6) is 2.96. The van der Waals surface area contributed by atoms with Crippen molar-refractivity contribution in [2.24, 2.45) is 0 Å². The van der Waals surface area contributed by atoms with E-state index in [1.165, 1.54) is 0 Å². The fourth-order valence-corrected chi connectivity index (χ4v) is 3.99. The van der Waals surface area contributed by atoms with Crippen molar-refractivity contribution in [1.29, 1.82) is 0 Å². The minimum Gasteiger partial charge on any atom is -0.497 e. The second kappa shape index (κ2) is 12.8. The van der Waals surface area contributed by atoms with Crippen LogP contribution in [0.5, 0.6) is 17.2 Å². The molecule has 0 spiro atoms. The Morgan fingerprint density at radius 3 is 2.58 bits per heavy atom. The van der Waals surface area contributed by atoms with Crippen molar-refractivity contribution in [2.45, 2.75) is 25.8 Å². The lowest BCUT2D eigenvalue weighted by molar-refractivity contribution is -0.123. The summed E-state index contributed by atoms with van der Waals surface area (Å²) in [6.07, 6.45) is 2.47. The van der Waals surface area contributed by atoms with Crippen molar-refractivity contribution in [2.75, 3.05) is 26.9 Å². The highest BCUT2D eigenvalue weighted by atomic mass is 35.5. The van der Waals surface area contributed by atoms with E-state index in [1.807, 2.05) is 42.5 Å². The summed E-state index contributed by atoms with van der Waals surface area (Å²) in [5.41, 5.74) is 2.05.